The first kappa shape index (κ1) is 24.3. The summed E-state index contributed by atoms with van der Waals surface area (Å²) in [7, 11) is 0. The van der Waals surface area contributed by atoms with Gasteiger partial charge in [0.2, 0.25) is 0 Å². The van der Waals surface area contributed by atoms with Crippen molar-refractivity contribution in [1.29, 1.82) is 0 Å². The lowest BCUT2D eigenvalue weighted by molar-refractivity contribution is 0.0696. The third-order valence-corrected chi connectivity index (χ3v) is 5.53. The van der Waals surface area contributed by atoms with Gasteiger partial charge in [-0.25, -0.2) is 4.79 Å². The number of aromatic carboxylic acids is 1. The number of rotatable bonds is 8. The number of anilines is 1. The number of nitrogens with zero attached hydrogens (tertiary/aromatic N) is 1. The first-order valence-corrected chi connectivity index (χ1v) is 11.2. The van der Waals surface area contributed by atoms with Gasteiger partial charge in [-0.1, -0.05) is 44.5 Å². The van der Waals surface area contributed by atoms with E-state index in [0.717, 1.165) is 5.69 Å². The number of carboxylic acids is 1. The minimum Gasteiger partial charge on any atom is -0.494 e. The number of benzene rings is 3. The largest absolute Gasteiger partial charge is 0.494 e. The van der Waals surface area contributed by atoms with E-state index in [2.05, 4.69) is 20.8 Å². The van der Waals surface area contributed by atoms with E-state index in [1.165, 1.54) is 17.7 Å². The lowest BCUT2D eigenvalue weighted by Crippen LogP contribution is -2.32. The molecule has 6 heteroatoms. The van der Waals surface area contributed by atoms with Gasteiger partial charge in [0.15, 0.2) is 0 Å². The highest BCUT2D eigenvalue weighted by molar-refractivity contribution is 6.30. The predicted molar refractivity (Wildman–Crippen MR) is 132 cm³/mol. The summed E-state index contributed by atoms with van der Waals surface area (Å²) in [6.07, 6.45) is 0.592. The SMILES string of the molecule is CC(C)(C)c1ccc(C(=O)N(CCCOc2ccc(C(=O)O)cc2)c2ccc(Cl)cc2)cc1. The van der Waals surface area contributed by atoms with Gasteiger partial charge in [0.05, 0.1) is 12.2 Å². The lowest BCUT2D eigenvalue weighted by atomic mass is 9.86. The van der Waals surface area contributed by atoms with Crippen molar-refractivity contribution in [1.82, 2.24) is 0 Å². The number of hydrogen-bond donors (Lipinski definition) is 1. The Morgan fingerprint density at radius 3 is 2.00 bits per heavy atom. The van der Waals surface area contributed by atoms with E-state index < -0.39 is 5.97 Å². The fourth-order valence-electron chi connectivity index (χ4n) is 3.34. The fourth-order valence-corrected chi connectivity index (χ4v) is 3.47. The van der Waals surface area contributed by atoms with Crippen molar-refractivity contribution in [2.24, 2.45) is 0 Å². The number of ether oxygens (including phenoxy) is 1. The van der Waals surface area contributed by atoms with Gasteiger partial charge in [-0.3, -0.25) is 4.79 Å². The Hall–Kier alpha value is -3.31. The highest BCUT2D eigenvalue weighted by atomic mass is 35.5. The van der Waals surface area contributed by atoms with E-state index in [0.29, 0.717) is 35.9 Å². The molecule has 0 aliphatic carbocycles. The molecule has 3 aromatic rings. The Labute approximate surface area is 199 Å². The molecule has 0 spiro atoms. The molecule has 0 aliphatic rings. The number of amides is 1. The summed E-state index contributed by atoms with van der Waals surface area (Å²) < 4.78 is 5.73. The topological polar surface area (TPSA) is 66.8 Å². The van der Waals surface area contributed by atoms with Crippen LogP contribution in [0.1, 0.15) is 53.5 Å². The minimum absolute atomic E-state index is 0.0114. The summed E-state index contributed by atoms with van der Waals surface area (Å²) in [4.78, 5) is 26.0. The molecule has 0 radical (unpaired) electrons. The molecule has 5 nitrogen and oxygen atoms in total. The van der Waals surface area contributed by atoms with Crippen molar-refractivity contribution in [3.63, 3.8) is 0 Å². The van der Waals surface area contributed by atoms with Crippen molar-refractivity contribution in [3.8, 4) is 5.75 Å². The molecular formula is C27H28ClNO4. The first-order valence-electron chi connectivity index (χ1n) is 10.8. The fraction of sp³-hybridized carbons (Fsp3) is 0.259. The van der Waals surface area contributed by atoms with Gasteiger partial charge in [-0.05, 0) is 78.1 Å². The van der Waals surface area contributed by atoms with Crippen LogP contribution in [0.15, 0.2) is 72.8 Å². The maximum Gasteiger partial charge on any atom is 0.335 e. The number of carbonyl (C=O) groups excluding carboxylic acids is 1. The average molecular weight is 466 g/mol. The van der Waals surface area contributed by atoms with E-state index in [4.69, 9.17) is 21.4 Å². The molecule has 1 amide bonds. The van der Waals surface area contributed by atoms with Crippen LogP contribution in [-0.2, 0) is 5.41 Å². The van der Waals surface area contributed by atoms with Crippen molar-refractivity contribution < 1.29 is 19.4 Å². The summed E-state index contributed by atoms with van der Waals surface area (Å²) in [5.74, 6) is -0.486. The van der Waals surface area contributed by atoms with Crippen LogP contribution in [0.25, 0.3) is 0 Å². The molecular weight excluding hydrogens is 438 g/mol. The molecule has 172 valence electrons. The van der Waals surface area contributed by atoms with Crippen LogP contribution in [-0.4, -0.2) is 30.1 Å². The average Bonchev–Trinajstić information content (AvgIpc) is 2.79. The molecule has 33 heavy (non-hydrogen) atoms. The van der Waals surface area contributed by atoms with E-state index in [1.807, 2.05) is 36.4 Å². The maximum atomic E-state index is 13.4. The lowest BCUT2D eigenvalue weighted by Gasteiger charge is -2.24. The number of hydrogen-bond acceptors (Lipinski definition) is 3. The Kier molecular flexibility index (Phi) is 7.77. The Bertz CT molecular complexity index is 1080. The highest BCUT2D eigenvalue weighted by Crippen LogP contribution is 2.24. The molecule has 3 aromatic carbocycles. The van der Waals surface area contributed by atoms with Crippen LogP contribution in [0, 0.1) is 0 Å². The van der Waals surface area contributed by atoms with Crippen LogP contribution in [0.4, 0.5) is 5.69 Å². The minimum atomic E-state index is -0.978. The Morgan fingerprint density at radius 1 is 0.879 bits per heavy atom. The second-order valence-corrected chi connectivity index (χ2v) is 9.23. The standard InChI is InChI=1S/C27H28ClNO4/c1-27(2,3)21-9-5-19(6-10-21)25(30)29(23-13-11-22(28)12-14-23)17-4-18-33-24-15-7-20(8-16-24)26(31)32/h5-16H,4,17-18H2,1-3H3,(H,31,32). The van der Waals surface area contributed by atoms with Crippen molar-refractivity contribution in [2.45, 2.75) is 32.6 Å². The number of carbonyl (C=O) groups is 2. The quantitative estimate of drug-likeness (QED) is 0.388. The molecule has 0 saturated heterocycles. The molecule has 0 aromatic heterocycles. The molecule has 0 unspecified atom stereocenters. The monoisotopic (exact) mass is 465 g/mol. The number of carboxylic acid groups (broad SMARTS) is 1. The van der Waals surface area contributed by atoms with Gasteiger partial charge < -0.3 is 14.7 Å². The molecule has 0 saturated carbocycles. The van der Waals surface area contributed by atoms with Crippen LogP contribution in [0.5, 0.6) is 5.75 Å². The zero-order valence-electron chi connectivity index (χ0n) is 19.0. The zero-order valence-corrected chi connectivity index (χ0v) is 19.8. The first-order chi connectivity index (χ1) is 15.6. The third kappa shape index (κ3) is 6.59. The molecule has 0 aliphatic heterocycles. The predicted octanol–water partition coefficient (Wildman–Crippen LogP) is 6.45. The van der Waals surface area contributed by atoms with Gasteiger partial charge in [0.25, 0.3) is 5.91 Å². The van der Waals surface area contributed by atoms with Gasteiger partial charge >= 0.3 is 5.97 Å². The molecule has 1 N–H and O–H groups in total. The summed E-state index contributed by atoms with van der Waals surface area (Å²) in [6, 6.07) is 21.2. The second-order valence-electron chi connectivity index (χ2n) is 8.79. The van der Waals surface area contributed by atoms with Gasteiger partial charge in [0, 0.05) is 22.8 Å². The van der Waals surface area contributed by atoms with E-state index in [9.17, 15) is 9.59 Å². The van der Waals surface area contributed by atoms with Crippen LogP contribution in [0.3, 0.4) is 0 Å². The molecule has 3 rings (SSSR count). The van der Waals surface area contributed by atoms with Crippen molar-refractivity contribution in [2.75, 3.05) is 18.1 Å². The Morgan fingerprint density at radius 2 is 1.45 bits per heavy atom. The highest BCUT2D eigenvalue weighted by Gasteiger charge is 2.19. The van der Waals surface area contributed by atoms with Gasteiger partial charge in [0.1, 0.15) is 5.75 Å². The van der Waals surface area contributed by atoms with E-state index >= 15 is 0 Å². The van der Waals surface area contributed by atoms with Gasteiger partial charge in [-0.2, -0.15) is 0 Å². The van der Waals surface area contributed by atoms with Crippen LogP contribution < -0.4 is 9.64 Å². The van der Waals surface area contributed by atoms with E-state index in [-0.39, 0.29) is 16.9 Å². The molecule has 0 heterocycles. The van der Waals surface area contributed by atoms with Crippen molar-refractivity contribution >= 4 is 29.2 Å². The Balaban J connectivity index is 1.70. The zero-order chi connectivity index (χ0) is 24.0. The normalized spacial score (nSPS) is 11.2. The molecule has 0 bridgehead atoms. The summed E-state index contributed by atoms with van der Waals surface area (Å²) in [5, 5.41) is 9.60. The molecule has 0 atom stereocenters. The van der Waals surface area contributed by atoms with Crippen molar-refractivity contribution in [3.05, 3.63) is 94.5 Å². The van der Waals surface area contributed by atoms with E-state index in [1.54, 1.807) is 29.2 Å². The summed E-state index contributed by atoms with van der Waals surface area (Å²) in [5.41, 5.74) is 2.76. The third-order valence-electron chi connectivity index (χ3n) is 5.28. The van der Waals surface area contributed by atoms with Crippen LogP contribution in [0.2, 0.25) is 5.02 Å². The summed E-state index contributed by atoms with van der Waals surface area (Å²) in [6.45, 7) is 7.25. The van der Waals surface area contributed by atoms with Crippen LogP contribution >= 0.6 is 11.6 Å². The molecule has 0 fully saturated rings. The van der Waals surface area contributed by atoms with Gasteiger partial charge in [-0.15, -0.1) is 0 Å². The second kappa shape index (κ2) is 10.5. The number of halogens is 1. The maximum absolute atomic E-state index is 13.4. The summed E-state index contributed by atoms with van der Waals surface area (Å²) >= 11 is 6.04. The smallest absolute Gasteiger partial charge is 0.335 e.